The largest absolute Gasteiger partial charge is 0.485 e. The van der Waals surface area contributed by atoms with Crippen molar-refractivity contribution < 1.29 is 9.47 Å². The van der Waals surface area contributed by atoms with E-state index < -0.39 is 0 Å². The molecule has 0 saturated heterocycles. The van der Waals surface area contributed by atoms with Crippen LogP contribution in [0.5, 0.6) is 11.6 Å². The lowest BCUT2D eigenvalue weighted by Gasteiger charge is -2.22. The van der Waals surface area contributed by atoms with Gasteiger partial charge in [-0.3, -0.25) is 0 Å². The average Bonchev–Trinajstić information content (AvgIpc) is 3.02. The van der Waals surface area contributed by atoms with Crippen LogP contribution in [-0.4, -0.2) is 16.7 Å². The number of hydrogen-bond acceptors (Lipinski definition) is 4. The Morgan fingerprint density at radius 1 is 1.41 bits per heavy atom. The Labute approximate surface area is 101 Å². The maximum absolute atomic E-state index is 8.85. The van der Waals surface area contributed by atoms with Crippen LogP contribution in [-0.2, 0) is 0 Å². The highest BCUT2D eigenvalue weighted by molar-refractivity contribution is 5.41. The lowest BCUT2D eigenvalue weighted by atomic mass is 10.2. The van der Waals surface area contributed by atoms with Gasteiger partial charge in [0.2, 0.25) is 0 Å². The molecule has 0 N–H and O–H groups in total. The third-order valence-electron chi connectivity index (χ3n) is 2.17. The quantitative estimate of drug-likeness (QED) is 0.804. The summed E-state index contributed by atoms with van der Waals surface area (Å²) in [5.74, 6) is 1.03. The highest BCUT2D eigenvalue weighted by atomic mass is 16.5. The molecule has 90 valence electrons. The van der Waals surface area contributed by atoms with Gasteiger partial charge in [0, 0.05) is 12.3 Å². The van der Waals surface area contributed by atoms with Crippen LogP contribution < -0.4 is 9.47 Å². The number of nitriles is 1. The van der Waals surface area contributed by atoms with Crippen molar-refractivity contribution in [3.63, 3.8) is 0 Å². The van der Waals surface area contributed by atoms with Crippen LogP contribution in [0.15, 0.2) is 12.3 Å². The zero-order valence-electron chi connectivity index (χ0n) is 10.4. The standard InChI is InChI=1S/C13H16N2O2/c1-13(2,3)17-12-11(16-10-4-5-10)6-9(7-14)8-15-12/h6,8,10H,4-5H2,1-3H3. The first kappa shape index (κ1) is 11.7. The van der Waals surface area contributed by atoms with Gasteiger partial charge >= 0.3 is 0 Å². The van der Waals surface area contributed by atoms with E-state index in [-0.39, 0.29) is 11.7 Å². The van der Waals surface area contributed by atoms with E-state index in [9.17, 15) is 0 Å². The second kappa shape index (κ2) is 4.25. The van der Waals surface area contributed by atoms with Crippen LogP contribution in [0.4, 0.5) is 0 Å². The molecule has 0 radical (unpaired) electrons. The fourth-order valence-corrected chi connectivity index (χ4v) is 1.31. The smallest absolute Gasteiger partial charge is 0.257 e. The third kappa shape index (κ3) is 3.35. The summed E-state index contributed by atoms with van der Waals surface area (Å²) in [5, 5.41) is 8.85. The van der Waals surface area contributed by atoms with E-state index in [1.54, 1.807) is 6.07 Å². The summed E-state index contributed by atoms with van der Waals surface area (Å²) >= 11 is 0. The molecule has 0 unspecified atom stereocenters. The Morgan fingerprint density at radius 2 is 2.12 bits per heavy atom. The minimum atomic E-state index is -0.331. The molecule has 0 atom stereocenters. The topological polar surface area (TPSA) is 55.1 Å². The van der Waals surface area contributed by atoms with E-state index in [1.165, 1.54) is 6.20 Å². The monoisotopic (exact) mass is 232 g/mol. The van der Waals surface area contributed by atoms with Gasteiger partial charge < -0.3 is 9.47 Å². The summed E-state index contributed by atoms with van der Waals surface area (Å²) in [6, 6.07) is 3.74. The van der Waals surface area contributed by atoms with Crippen LogP contribution in [0.3, 0.4) is 0 Å². The molecule has 1 fully saturated rings. The maximum Gasteiger partial charge on any atom is 0.257 e. The summed E-state index contributed by atoms with van der Waals surface area (Å²) in [4.78, 5) is 4.15. The van der Waals surface area contributed by atoms with Crippen LogP contribution >= 0.6 is 0 Å². The van der Waals surface area contributed by atoms with Gasteiger partial charge in [-0.25, -0.2) is 4.98 Å². The van der Waals surface area contributed by atoms with Crippen molar-refractivity contribution >= 4 is 0 Å². The fourth-order valence-electron chi connectivity index (χ4n) is 1.31. The first-order chi connectivity index (χ1) is 7.98. The summed E-state index contributed by atoms with van der Waals surface area (Å²) in [6.07, 6.45) is 3.88. The summed E-state index contributed by atoms with van der Waals surface area (Å²) in [5.41, 5.74) is 0.157. The van der Waals surface area contributed by atoms with Crippen molar-refractivity contribution in [2.75, 3.05) is 0 Å². The minimum Gasteiger partial charge on any atom is -0.485 e. The predicted octanol–water partition coefficient (Wildman–Crippen LogP) is 2.67. The molecule has 1 aliphatic rings. The van der Waals surface area contributed by atoms with E-state index in [0.717, 1.165) is 12.8 Å². The molecule has 0 spiro atoms. The fraction of sp³-hybridized carbons (Fsp3) is 0.538. The molecule has 1 aliphatic carbocycles. The van der Waals surface area contributed by atoms with Crippen molar-refractivity contribution in [1.82, 2.24) is 4.98 Å². The van der Waals surface area contributed by atoms with Gasteiger partial charge in [0.15, 0.2) is 5.75 Å². The molecular weight excluding hydrogens is 216 g/mol. The maximum atomic E-state index is 8.85. The number of rotatable bonds is 3. The average molecular weight is 232 g/mol. The van der Waals surface area contributed by atoms with Gasteiger partial charge in [0.05, 0.1) is 11.7 Å². The molecule has 0 aromatic carbocycles. The van der Waals surface area contributed by atoms with Crippen LogP contribution in [0.1, 0.15) is 39.2 Å². The van der Waals surface area contributed by atoms with E-state index in [2.05, 4.69) is 11.1 Å². The normalized spacial score (nSPS) is 15.2. The molecule has 0 bridgehead atoms. The van der Waals surface area contributed by atoms with Gasteiger partial charge in [0.1, 0.15) is 11.7 Å². The second-order valence-corrected chi connectivity index (χ2v) is 5.17. The highest BCUT2D eigenvalue weighted by Gasteiger charge is 2.26. The van der Waals surface area contributed by atoms with Crippen molar-refractivity contribution in [2.24, 2.45) is 0 Å². The molecule has 1 saturated carbocycles. The molecule has 1 aromatic heterocycles. The van der Waals surface area contributed by atoms with Crippen LogP contribution in [0, 0.1) is 11.3 Å². The van der Waals surface area contributed by atoms with E-state index in [4.69, 9.17) is 14.7 Å². The predicted molar refractivity (Wildman–Crippen MR) is 63.0 cm³/mol. The SMILES string of the molecule is CC(C)(C)Oc1ncc(C#N)cc1OC1CC1. The first-order valence-corrected chi connectivity index (χ1v) is 5.74. The first-order valence-electron chi connectivity index (χ1n) is 5.74. The lowest BCUT2D eigenvalue weighted by Crippen LogP contribution is -2.24. The molecule has 0 aliphatic heterocycles. The molecule has 17 heavy (non-hydrogen) atoms. The molecule has 2 rings (SSSR count). The summed E-state index contributed by atoms with van der Waals surface area (Å²) in [7, 11) is 0. The minimum absolute atomic E-state index is 0.257. The van der Waals surface area contributed by atoms with Crippen molar-refractivity contribution in [2.45, 2.75) is 45.3 Å². The zero-order chi connectivity index (χ0) is 12.5. The lowest BCUT2D eigenvalue weighted by molar-refractivity contribution is 0.115. The van der Waals surface area contributed by atoms with Gasteiger partial charge in [-0.1, -0.05) is 0 Å². The van der Waals surface area contributed by atoms with Gasteiger partial charge in [-0.2, -0.15) is 5.26 Å². The molecule has 4 nitrogen and oxygen atoms in total. The molecule has 4 heteroatoms. The van der Waals surface area contributed by atoms with Crippen molar-refractivity contribution in [3.8, 4) is 17.7 Å². The van der Waals surface area contributed by atoms with Crippen molar-refractivity contribution in [3.05, 3.63) is 17.8 Å². The molecule has 1 aromatic rings. The van der Waals surface area contributed by atoms with E-state index in [0.29, 0.717) is 17.2 Å². The zero-order valence-corrected chi connectivity index (χ0v) is 10.4. The van der Waals surface area contributed by atoms with Gasteiger partial charge in [-0.05, 0) is 33.6 Å². The van der Waals surface area contributed by atoms with Crippen LogP contribution in [0.2, 0.25) is 0 Å². The Balaban J connectivity index is 2.26. The Bertz CT molecular complexity index is 453. The van der Waals surface area contributed by atoms with E-state index >= 15 is 0 Å². The number of nitrogens with zero attached hydrogens (tertiary/aromatic N) is 2. The Kier molecular flexibility index (Phi) is 2.93. The highest BCUT2D eigenvalue weighted by Crippen LogP contribution is 2.34. The second-order valence-electron chi connectivity index (χ2n) is 5.17. The van der Waals surface area contributed by atoms with Gasteiger partial charge in [-0.15, -0.1) is 0 Å². The number of aromatic nitrogens is 1. The number of pyridine rings is 1. The molecule has 1 heterocycles. The summed E-state index contributed by atoms with van der Waals surface area (Å²) < 4.78 is 11.4. The van der Waals surface area contributed by atoms with Crippen molar-refractivity contribution in [1.29, 1.82) is 5.26 Å². The van der Waals surface area contributed by atoms with Gasteiger partial charge in [0.25, 0.3) is 5.88 Å². The summed E-state index contributed by atoms with van der Waals surface area (Å²) in [6.45, 7) is 5.86. The van der Waals surface area contributed by atoms with Crippen LogP contribution in [0.25, 0.3) is 0 Å². The number of ether oxygens (including phenoxy) is 2. The molecule has 0 amide bonds. The third-order valence-corrected chi connectivity index (χ3v) is 2.17. The van der Waals surface area contributed by atoms with E-state index in [1.807, 2.05) is 20.8 Å². The number of hydrogen-bond donors (Lipinski definition) is 0. The Morgan fingerprint density at radius 3 is 2.65 bits per heavy atom. The Hall–Kier alpha value is -1.76. The molecular formula is C13H16N2O2.